The van der Waals surface area contributed by atoms with Crippen LogP contribution in [0.5, 0.6) is 0 Å². The Labute approximate surface area is 204 Å². The molecule has 2 heterocycles. The first kappa shape index (κ1) is 22.4. The molecule has 34 heavy (non-hydrogen) atoms. The van der Waals surface area contributed by atoms with Crippen LogP contribution in [0.4, 0.5) is 0 Å². The predicted octanol–water partition coefficient (Wildman–Crippen LogP) is 6.99. The number of nitrogens with zero attached hydrogens (tertiary/aromatic N) is 1. The highest BCUT2D eigenvalue weighted by atomic mass is 35.5. The number of halogens is 1. The minimum atomic E-state index is -0.360. The summed E-state index contributed by atoms with van der Waals surface area (Å²) in [6.45, 7) is 6.58. The Morgan fingerprint density at radius 2 is 1.76 bits per heavy atom. The fraction of sp³-hybridized carbons (Fsp3) is 0.200. The van der Waals surface area contributed by atoms with Gasteiger partial charge in [-0.3, -0.25) is 9.79 Å². The number of allylic oxidation sites excluding steroid dienone is 1. The molecule has 2 atom stereocenters. The molecule has 0 bridgehead atoms. The number of aliphatic imine (C=N–C) groups is 1. The van der Waals surface area contributed by atoms with Gasteiger partial charge in [0.1, 0.15) is 0 Å². The molecule has 0 spiro atoms. The summed E-state index contributed by atoms with van der Waals surface area (Å²) >= 11 is 6.22. The van der Waals surface area contributed by atoms with Crippen LogP contribution in [0.1, 0.15) is 41.7 Å². The van der Waals surface area contributed by atoms with E-state index in [2.05, 4.69) is 67.1 Å². The molecule has 5 rings (SSSR count). The Balaban J connectivity index is 1.70. The smallest absolute Gasteiger partial charge is 0.248 e. The molecule has 2 unspecified atom stereocenters. The molecule has 4 heteroatoms. The molecular formula is C30H27ClN2O. The molecule has 0 radical (unpaired) electrons. The normalized spacial score (nSPS) is 17.1. The molecule has 3 aromatic carbocycles. The number of hydrogen-bond acceptors (Lipinski definition) is 2. The van der Waals surface area contributed by atoms with Gasteiger partial charge in [-0.15, -0.1) is 0 Å². The van der Waals surface area contributed by atoms with Crippen LogP contribution in [0, 0.1) is 12.8 Å². The van der Waals surface area contributed by atoms with E-state index in [1.165, 1.54) is 22.3 Å². The van der Waals surface area contributed by atoms with Crippen molar-refractivity contribution in [3.8, 4) is 0 Å². The lowest BCUT2D eigenvalue weighted by Gasteiger charge is -2.35. The minimum Gasteiger partial charge on any atom is -0.322 e. The predicted molar refractivity (Wildman–Crippen MR) is 142 cm³/mol. The summed E-state index contributed by atoms with van der Waals surface area (Å²) in [4.78, 5) is 19.9. The molecule has 1 aromatic heterocycles. The molecule has 1 aliphatic rings. The molecule has 3 nitrogen and oxygen atoms in total. The summed E-state index contributed by atoms with van der Waals surface area (Å²) in [6.07, 6.45) is 4.65. The van der Waals surface area contributed by atoms with E-state index >= 15 is 0 Å². The molecule has 4 aromatic rings. The lowest BCUT2D eigenvalue weighted by Crippen LogP contribution is -2.29. The van der Waals surface area contributed by atoms with Gasteiger partial charge in [0.05, 0.1) is 0 Å². The number of benzene rings is 3. The molecule has 0 saturated carbocycles. The first-order valence-electron chi connectivity index (χ1n) is 11.6. The topological polar surface area (TPSA) is 45.2 Å². The van der Waals surface area contributed by atoms with E-state index < -0.39 is 0 Å². The van der Waals surface area contributed by atoms with E-state index in [9.17, 15) is 4.79 Å². The van der Waals surface area contributed by atoms with Crippen LogP contribution in [0.3, 0.4) is 0 Å². The maximum absolute atomic E-state index is 12.4. The Morgan fingerprint density at radius 3 is 2.47 bits per heavy atom. The molecule has 0 amide bonds. The van der Waals surface area contributed by atoms with E-state index in [1.54, 1.807) is 6.07 Å². The van der Waals surface area contributed by atoms with Crippen molar-refractivity contribution < 1.29 is 0 Å². The van der Waals surface area contributed by atoms with Crippen LogP contribution >= 0.6 is 11.6 Å². The maximum atomic E-state index is 12.4. The summed E-state index contributed by atoms with van der Waals surface area (Å²) in [5.74, 6) is 0.239. The fourth-order valence-electron chi connectivity index (χ4n) is 5.07. The standard InChI is InChI=1S/C30H27ClN2O/c1-19-7-9-23(10-8-19)30(3,27-18-32-17-20(27)2)24-11-12-28-26(16-24)22(15-29(34)33-28)13-21-5-4-6-25(31)14-21/h4-12,14-18,20H,13H2,1-3H3,(H,33,34). The first-order valence-corrected chi connectivity index (χ1v) is 11.9. The van der Waals surface area contributed by atoms with Crippen LogP contribution in [-0.4, -0.2) is 11.2 Å². The van der Waals surface area contributed by atoms with Crippen molar-refractivity contribution in [1.29, 1.82) is 0 Å². The van der Waals surface area contributed by atoms with Gasteiger partial charge in [-0.25, -0.2) is 0 Å². The van der Waals surface area contributed by atoms with Crippen molar-refractivity contribution in [3.63, 3.8) is 0 Å². The minimum absolute atomic E-state index is 0.0981. The van der Waals surface area contributed by atoms with Crippen LogP contribution in [0.25, 0.3) is 10.9 Å². The van der Waals surface area contributed by atoms with Gasteiger partial charge in [-0.05, 0) is 72.4 Å². The number of fused-ring (bicyclic) bond motifs is 1. The van der Waals surface area contributed by atoms with Crippen molar-refractivity contribution in [3.05, 3.63) is 128 Å². The molecule has 0 saturated heterocycles. The third kappa shape index (κ3) is 4.01. The third-order valence-electron chi connectivity index (χ3n) is 7.01. The monoisotopic (exact) mass is 466 g/mol. The van der Waals surface area contributed by atoms with Crippen LogP contribution in [0.2, 0.25) is 5.02 Å². The zero-order chi connectivity index (χ0) is 23.9. The van der Waals surface area contributed by atoms with E-state index in [1.807, 2.05) is 42.7 Å². The first-order chi connectivity index (χ1) is 16.3. The van der Waals surface area contributed by atoms with Crippen molar-refractivity contribution in [2.75, 3.05) is 0 Å². The second kappa shape index (κ2) is 8.73. The van der Waals surface area contributed by atoms with Gasteiger partial charge in [0.2, 0.25) is 5.56 Å². The molecule has 0 aliphatic carbocycles. The lowest BCUT2D eigenvalue weighted by atomic mass is 9.67. The van der Waals surface area contributed by atoms with E-state index in [0.717, 1.165) is 22.0 Å². The number of hydrogen-bond donors (Lipinski definition) is 1. The summed E-state index contributed by atoms with van der Waals surface area (Å²) < 4.78 is 0. The Hall–Kier alpha value is -3.43. The van der Waals surface area contributed by atoms with E-state index in [0.29, 0.717) is 11.4 Å². The molecule has 1 N–H and O–H groups in total. The summed E-state index contributed by atoms with van der Waals surface area (Å²) in [7, 11) is 0. The number of rotatable bonds is 5. The molecule has 0 fully saturated rings. The Bertz CT molecular complexity index is 1500. The number of pyridine rings is 1. The second-order valence-corrected chi connectivity index (χ2v) is 9.82. The van der Waals surface area contributed by atoms with Crippen molar-refractivity contribution >= 4 is 28.7 Å². The quantitative estimate of drug-likeness (QED) is 0.338. The van der Waals surface area contributed by atoms with Crippen molar-refractivity contribution in [2.45, 2.75) is 32.6 Å². The van der Waals surface area contributed by atoms with Gasteiger partial charge < -0.3 is 4.98 Å². The highest BCUT2D eigenvalue weighted by Gasteiger charge is 2.37. The Kier molecular flexibility index (Phi) is 5.75. The third-order valence-corrected chi connectivity index (χ3v) is 7.24. The maximum Gasteiger partial charge on any atom is 0.248 e. The zero-order valence-corrected chi connectivity index (χ0v) is 20.4. The number of nitrogens with one attached hydrogen (secondary N) is 1. The summed E-state index contributed by atoms with van der Waals surface area (Å²) in [5, 5.41) is 1.74. The van der Waals surface area contributed by atoms with Crippen molar-refractivity contribution in [1.82, 2.24) is 4.98 Å². The highest BCUT2D eigenvalue weighted by Crippen LogP contribution is 2.44. The van der Waals surface area contributed by atoms with Crippen LogP contribution < -0.4 is 5.56 Å². The lowest BCUT2D eigenvalue weighted by molar-refractivity contribution is 0.623. The molecular weight excluding hydrogens is 440 g/mol. The van der Waals surface area contributed by atoms with Gasteiger partial charge in [0.25, 0.3) is 0 Å². The van der Waals surface area contributed by atoms with Gasteiger partial charge in [0, 0.05) is 45.7 Å². The molecule has 1 aliphatic heterocycles. The van der Waals surface area contributed by atoms with E-state index in [4.69, 9.17) is 11.6 Å². The Morgan fingerprint density at radius 1 is 1.00 bits per heavy atom. The number of aromatic nitrogens is 1. The second-order valence-electron chi connectivity index (χ2n) is 9.39. The largest absolute Gasteiger partial charge is 0.322 e. The zero-order valence-electron chi connectivity index (χ0n) is 19.6. The van der Waals surface area contributed by atoms with Gasteiger partial charge in [0.15, 0.2) is 0 Å². The number of H-pyrrole nitrogens is 1. The summed E-state index contributed by atoms with van der Waals surface area (Å²) in [5.41, 5.74) is 7.33. The average molecular weight is 467 g/mol. The fourth-order valence-corrected chi connectivity index (χ4v) is 5.28. The average Bonchev–Trinajstić information content (AvgIpc) is 3.25. The van der Waals surface area contributed by atoms with Crippen LogP contribution in [-0.2, 0) is 11.8 Å². The van der Waals surface area contributed by atoms with Gasteiger partial charge >= 0.3 is 0 Å². The summed E-state index contributed by atoms with van der Waals surface area (Å²) in [6, 6.07) is 24.7. The number of aryl methyl sites for hydroxylation is 1. The molecule has 170 valence electrons. The SMILES string of the molecule is Cc1ccc(C(C)(C2=CN=CC2C)c2ccc3[nH]c(=O)cc(Cc4cccc(Cl)c4)c3c2)cc1. The van der Waals surface area contributed by atoms with Crippen molar-refractivity contribution in [2.24, 2.45) is 10.9 Å². The van der Waals surface area contributed by atoms with Gasteiger partial charge in [-0.1, -0.05) is 66.6 Å². The van der Waals surface area contributed by atoms with Gasteiger partial charge in [-0.2, -0.15) is 0 Å². The van der Waals surface area contributed by atoms with E-state index in [-0.39, 0.29) is 16.9 Å². The van der Waals surface area contributed by atoms with Crippen LogP contribution in [0.15, 0.2) is 94.4 Å². The number of aromatic amines is 1. The highest BCUT2D eigenvalue weighted by molar-refractivity contribution is 6.30.